The summed E-state index contributed by atoms with van der Waals surface area (Å²) in [5.41, 5.74) is 5.05. The van der Waals surface area contributed by atoms with E-state index in [0.717, 1.165) is 16.7 Å². The van der Waals surface area contributed by atoms with Crippen molar-refractivity contribution in [2.24, 2.45) is 0 Å². The van der Waals surface area contributed by atoms with Crippen LogP contribution in [-0.4, -0.2) is 24.0 Å². The summed E-state index contributed by atoms with van der Waals surface area (Å²) in [5, 5.41) is 0.574. The zero-order valence-electron chi connectivity index (χ0n) is 17.6. The third-order valence-electron chi connectivity index (χ3n) is 5.36. The number of hydrogen-bond acceptors (Lipinski definition) is 4. The van der Waals surface area contributed by atoms with Gasteiger partial charge in [0.25, 0.3) is 5.91 Å². The van der Waals surface area contributed by atoms with Crippen LogP contribution in [0.15, 0.2) is 72.8 Å². The topological polar surface area (TPSA) is 46.6 Å². The molecule has 0 radical (unpaired) electrons. The molecular formula is C26H20ClNO3S. The highest BCUT2D eigenvalue weighted by Gasteiger charge is 2.38. The molecular weight excluding hydrogens is 442 g/mol. The van der Waals surface area contributed by atoms with Gasteiger partial charge in [0.05, 0.1) is 24.8 Å². The SMILES string of the molecule is COC(=O)Cc1ccccc1C1=C(c2ccc(Cl)cc2)C(=O)N(c2ccc(C)cc2)C1=S. The number of methoxy groups -OCH3 is 1. The van der Waals surface area contributed by atoms with Crippen molar-refractivity contribution < 1.29 is 14.3 Å². The predicted molar refractivity (Wildman–Crippen MR) is 132 cm³/mol. The van der Waals surface area contributed by atoms with Crippen molar-refractivity contribution >= 4 is 57.5 Å². The Labute approximate surface area is 197 Å². The van der Waals surface area contributed by atoms with Gasteiger partial charge in [0.2, 0.25) is 0 Å². The molecule has 0 atom stereocenters. The number of rotatable bonds is 5. The van der Waals surface area contributed by atoms with Gasteiger partial charge in [-0.3, -0.25) is 14.5 Å². The van der Waals surface area contributed by atoms with Crippen LogP contribution in [0, 0.1) is 6.92 Å². The Hall–Kier alpha value is -3.28. The molecule has 1 heterocycles. The van der Waals surface area contributed by atoms with Crippen molar-refractivity contribution in [3.63, 3.8) is 0 Å². The maximum atomic E-state index is 13.7. The van der Waals surface area contributed by atoms with Crippen LogP contribution >= 0.6 is 23.8 Å². The van der Waals surface area contributed by atoms with Crippen molar-refractivity contribution in [3.8, 4) is 0 Å². The summed E-state index contributed by atoms with van der Waals surface area (Å²) >= 11 is 11.9. The minimum atomic E-state index is -0.364. The normalized spacial score (nSPS) is 13.7. The standard InChI is InChI=1S/C26H20ClNO3S/c1-16-7-13-20(14-8-16)28-25(30)23(17-9-11-19(27)12-10-17)24(26(28)32)21-6-4-3-5-18(21)15-22(29)31-2/h3-14H,15H2,1-2H3. The van der Waals surface area contributed by atoms with Gasteiger partial charge in [-0.15, -0.1) is 0 Å². The van der Waals surface area contributed by atoms with Gasteiger partial charge in [0.1, 0.15) is 4.99 Å². The molecule has 1 aliphatic heterocycles. The second-order valence-corrected chi connectivity index (χ2v) is 8.27. The van der Waals surface area contributed by atoms with Crippen LogP contribution in [0.3, 0.4) is 0 Å². The lowest BCUT2D eigenvalue weighted by molar-refractivity contribution is -0.139. The molecule has 3 aromatic rings. The van der Waals surface area contributed by atoms with Gasteiger partial charge in [-0.05, 0) is 47.9 Å². The highest BCUT2D eigenvalue weighted by molar-refractivity contribution is 7.82. The molecule has 0 saturated heterocycles. The molecule has 0 saturated carbocycles. The molecule has 6 heteroatoms. The molecule has 0 fully saturated rings. The zero-order valence-corrected chi connectivity index (χ0v) is 19.2. The van der Waals surface area contributed by atoms with Gasteiger partial charge in [-0.2, -0.15) is 0 Å². The summed E-state index contributed by atoms with van der Waals surface area (Å²) in [4.78, 5) is 27.7. The third kappa shape index (κ3) is 4.09. The minimum Gasteiger partial charge on any atom is -0.469 e. The number of anilines is 1. The number of benzene rings is 3. The molecule has 4 nitrogen and oxygen atoms in total. The summed E-state index contributed by atoms with van der Waals surface area (Å²) in [6.45, 7) is 1.99. The molecule has 32 heavy (non-hydrogen) atoms. The maximum Gasteiger partial charge on any atom is 0.309 e. The Balaban J connectivity index is 1.92. The molecule has 0 unspecified atom stereocenters. The number of ether oxygens (including phenoxy) is 1. The lowest BCUT2D eigenvalue weighted by Crippen LogP contribution is -2.30. The monoisotopic (exact) mass is 461 g/mol. The van der Waals surface area contributed by atoms with E-state index in [1.807, 2.05) is 55.5 Å². The fourth-order valence-electron chi connectivity index (χ4n) is 3.74. The maximum absolute atomic E-state index is 13.7. The van der Waals surface area contributed by atoms with Gasteiger partial charge in [0, 0.05) is 10.6 Å². The number of hydrogen-bond donors (Lipinski definition) is 0. The average Bonchev–Trinajstić information content (AvgIpc) is 3.05. The van der Waals surface area contributed by atoms with Crippen molar-refractivity contribution in [2.45, 2.75) is 13.3 Å². The first-order valence-electron chi connectivity index (χ1n) is 10.0. The Bertz CT molecular complexity index is 1250. The Morgan fingerprint density at radius 3 is 2.28 bits per heavy atom. The average molecular weight is 462 g/mol. The number of carbonyl (C=O) groups is 2. The van der Waals surface area contributed by atoms with Gasteiger partial charge in [0.15, 0.2) is 0 Å². The van der Waals surface area contributed by atoms with Gasteiger partial charge < -0.3 is 4.74 Å². The van der Waals surface area contributed by atoms with Crippen LogP contribution in [0.25, 0.3) is 11.1 Å². The Morgan fingerprint density at radius 2 is 1.62 bits per heavy atom. The van der Waals surface area contributed by atoms with E-state index in [1.165, 1.54) is 7.11 Å². The molecule has 0 aliphatic carbocycles. The van der Waals surface area contributed by atoms with Crippen LogP contribution in [0.4, 0.5) is 5.69 Å². The van der Waals surface area contributed by atoms with E-state index in [4.69, 9.17) is 28.6 Å². The lowest BCUT2D eigenvalue weighted by atomic mass is 9.92. The quantitative estimate of drug-likeness (QED) is 0.364. The van der Waals surface area contributed by atoms with Crippen molar-refractivity contribution in [1.29, 1.82) is 0 Å². The molecule has 1 amide bonds. The van der Waals surface area contributed by atoms with E-state index in [9.17, 15) is 9.59 Å². The molecule has 0 bridgehead atoms. The number of halogens is 1. The summed E-state index contributed by atoms with van der Waals surface area (Å²) in [6, 6.07) is 22.2. The highest BCUT2D eigenvalue weighted by Crippen LogP contribution is 2.40. The van der Waals surface area contributed by atoms with E-state index < -0.39 is 0 Å². The Kier molecular flexibility index (Phi) is 6.21. The zero-order chi connectivity index (χ0) is 22.8. The summed E-state index contributed by atoms with van der Waals surface area (Å²) in [5.74, 6) is -0.583. The first-order chi connectivity index (χ1) is 15.4. The first kappa shape index (κ1) is 21.9. The second-order valence-electron chi connectivity index (χ2n) is 7.45. The predicted octanol–water partition coefficient (Wildman–Crippen LogP) is 5.65. The fourth-order valence-corrected chi connectivity index (χ4v) is 4.26. The summed E-state index contributed by atoms with van der Waals surface area (Å²) in [7, 11) is 1.35. The van der Waals surface area contributed by atoms with Crippen molar-refractivity contribution in [2.75, 3.05) is 12.0 Å². The molecule has 4 rings (SSSR count). The summed E-state index contributed by atoms with van der Waals surface area (Å²) in [6.07, 6.45) is 0.0748. The van der Waals surface area contributed by atoms with E-state index in [2.05, 4.69) is 0 Å². The fraction of sp³-hybridized carbons (Fsp3) is 0.115. The van der Waals surface area contributed by atoms with Crippen molar-refractivity contribution in [3.05, 3.63) is 100 Å². The molecule has 1 aliphatic rings. The second kappa shape index (κ2) is 9.07. The third-order valence-corrected chi connectivity index (χ3v) is 6.00. The summed E-state index contributed by atoms with van der Waals surface area (Å²) < 4.78 is 4.87. The van der Waals surface area contributed by atoms with Crippen LogP contribution in [-0.2, 0) is 20.7 Å². The van der Waals surface area contributed by atoms with Crippen LogP contribution in [0.1, 0.15) is 22.3 Å². The van der Waals surface area contributed by atoms with Gasteiger partial charge in [-0.25, -0.2) is 0 Å². The van der Waals surface area contributed by atoms with Crippen LogP contribution < -0.4 is 4.90 Å². The number of amides is 1. The highest BCUT2D eigenvalue weighted by atomic mass is 35.5. The van der Waals surface area contributed by atoms with Crippen LogP contribution in [0.2, 0.25) is 5.02 Å². The van der Waals surface area contributed by atoms with E-state index in [1.54, 1.807) is 29.2 Å². The van der Waals surface area contributed by atoms with Crippen molar-refractivity contribution in [1.82, 2.24) is 0 Å². The van der Waals surface area contributed by atoms with Gasteiger partial charge in [-0.1, -0.05) is 77.9 Å². The molecule has 0 N–H and O–H groups in total. The van der Waals surface area contributed by atoms with Gasteiger partial charge >= 0.3 is 5.97 Å². The number of carbonyl (C=O) groups excluding carboxylic acids is 2. The number of thiocarbonyl (C=S) groups is 1. The largest absolute Gasteiger partial charge is 0.469 e. The van der Waals surface area contributed by atoms with E-state index in [0.29, 0.717) is 32.4 Å². The Morgan fingerprint density at radius 1 is 0.969 bits per heavy atom. The lowest BCUT2D eigenvalue weighted by Gasteiger charge is -2.18. The number of aryl methyl sites for hydroxylation is 1. The number of esters is 1. The molecule has 160 valence electrons. The van der Waals surface area contributed by atoms with E-state index in [-0.39, 0.29) is 18.3 Å². The van der Waals surface area contributed by atoms with Crippen LogP contribution in [0.5, 0.6) is 0 Å². The smallest absolute Gasteiger partial charge is 0.309 e. The molecule has 0 spiro atoms. The number of nitrogens with zero attached hydrogens (tertiary/aromatic N) is 1. The minimum absolute atomic E-state index is 0.0748. The molecule has 0 aromatic heterocycles. The first-order valence-corrected chi connectivity index (χ1v) is 10.8. The molecule has 3 aromatic carbocycles. The van der Waals surface area contributed by atoms with E-state index >= 15 is 0 Å².